The van der Waals surface area contributed by atoms with Crippen LogP contribution in [0.5, 0.6) is 11.5 Å². The Morgan fingerprint density at radius 3 is 2.67 bits per heavy atom. The van der Waals surface area contributed by atoms with E-state index in [1.165, 1.54) is 11.8 Å². The van der Waals surface area contributed by atoms with Gasteiger partial charge in [-0.2, -0.15) is 9.78 Å². The second-order valence-electron chi connectivity index (χ2n) is 9.19. The number of hydrazone groups is 1. The number of hydrogen-bond acceptors (Lipinski definition) is 12. The molecule has 16 heteroatoms. The van der Waals surface area contributed by atoms with E-state index < -0.39 is 5.91 Å². The second kappa shape index (κ2) is 13.2. The van der Waals surface area contributed by atoms with Crippen molar-refractivity contribution in [2.24, 2.45) is 5.10 Å². The second-order valence-corrected chi connectivity index (χ2v) is 10.0. The summed E-state index contributed by atoms with van der Waals surface area (Å²) < 4.78 is 22.8. The fourth-order valence-corrected chi connectivity index (χ4v) is 4.63. The predicted molar refractivity (Wildman–Crippen MR) is 153 cm³/mol. The van der Waals surface area contributed by atoms with E-state index in [1.54, 1.807) is 43.3 Å². The van der Waals surface area contributed by atoms with Crippen LogP contribution in [-0.2, 0) is 17.9 Å². The summed E-state index contributed by atoms with van der Waals surface area (Å²) in [7, 11) is 1.53. The molecule has 5 rings (SSSR count). The van der Waals surface area contributed by atoms with Crippen molar-refractivity contribution in [3.8, 4) is 17.3 Å². The number of amides is 1. The first-order chi connectivity index (χ1) is 20.3. The summed E-state index contributed by atoms with van der Waals surface area (Å²) in [6, 6.07) is 10.5. The van der Waals surface area contributed by atoms with E-state index in [0.29, 0.717) is 71.4 Å². The predicted octanol–water partition coefficient (Wildman–Crippen LogP) is 3.11. The zero-order chi connectivity index (χ0) is 29.6. The molecular formula is C26H27Cl2N9O5. The van der Waals surface area contributed by atoms with Crippen molar-refractivity contribution in [3.63, 3.8) is 0 Å². The lowest BCUT2D eigenvalue weighted by Gasteiger charge is -2.25. The van der Waals surface area contributed by atoms with Gasteiger partial charge in [-0.25, -0.2) is 10.1 Å². The molecule has 3 heterocycles. The number of halogens is 2. The number of carbonyl (C=O) groups is 1. The fraction of sp³-hybridized carbons (Fsp3) is 0.308. The van der Waals surface area contributed by atoms with Crippen LogP contribution in [-0.4, -0.2) is 75.2 Å². The van der Waals surface area contributed by atoms with Crippen molar-refractivity contribution in [3.05, 3.63) is 69.0 Å². The molecule has 1 saturated heterocycles. The van der Waals surface area contributed by atoms with Gasteiger partial charge in [-0.15, -0.1) is 5.10 Å². The van der Waals surface area contributed by atoms with Crippen molar-refractivity contribution in [1.82, 2.24) is 35.6 Å². The standard InChI is InChI=1S/C26H27Cl2N9O5/c1-15(16-4-6-21(22(11-16)39-2)41-14-17-3-5-18(27)12-19(17)28)30-32-26(38)23-20(13-36-7-9-40-10-8-36)31-35-37(23)25-24(29)33-42-34-25/h3-6,11-12H,7-10,13-14H2,1-2H3,(H2,29,33)(H,32,38)/b30-15-. The van der Waals surface area contributed by atoms with Crippen molar-refractivity contribution < 1.29 is 23.6 Å². The topological polar surface area (TPSA) is 168 Å². The quantitative estimate of drug-likeness (QED) is 0.198. The molecule has 0 bridgehead atoms. The third-order valence-corrected chi connectivity index (χ3v) is 7.02. The first-order valence-electron chi connectivity index (χ1n) is 12.8. The third kappa shape index (κ3) is 6.62. The summed E-state index contributed by atoms with van der Waals surface area (Å²) in [5.74, 6) is 0.408. The lowest BCUT2D eigenvalue weighted by molar-refractivity contribution is 0.0335. The summed E-state index contributed by atoms with van der Waals surface area (Å²) in [5.41, 5.74) is 10.9. The van der Waals surface area contributed by atoms with Gasteiger partial charge in [-0.1, -0.05) is 34.5 Å². The number of hydrogen-bond donors (Lipinski definition) is 2. The Hall–Kier alpha value is -4.24. The molecule has 2 aromatic carbocycles. The molecule has 0 unspecified atom stereocenters. The van der Waals surface area contributed by atoms with Crippen LogP contribution in [0.15, 0.2) is 46.1 Å². The summed E-state index contributed by atoms with van der Waals surface area (Å²) in [6.07, 6.45) is 0. The van der Waals surface area contributed by atoms with Gasteiger partial charge in [-0.3, -0.25) is 9.69 Å². The lowest BCUT2D eigenvalue weighted by atomic mass is 10.1. The minimum Gasteiger partial charge on any atom is -0.493 e. The highest BCUT2D eigenvalue weighted by atomic mass is 35.5. The highest BCUT2D eigenvalue weighted by Crippen LogP contribution is 2.30. The monoisotopic (exact) mass is 615 g/mol. The number of ether oxygens (including phenoxy) is 3. The molecule has 1 aliphatic heterocycles. The Morgan fingerprint density at radius 1 is 1.14 bits per heavy atom. The van der Waals surface area contributed by atoms with E-state index >= 15 is 0 Å². The molecular weight excluding hydrogens is 589 g/mol. The maximum absolute atomic E-state index is 13.4. The molecule has 0 radical (unpaired) electrons. The summed E-state index contributed by atoms with van der Waals surface area (Å²) in [6.45, 7) is 4.87. The van der Waals surface area contributed by atoms with Gasteiger partial charge in [0, 0.05) is 40.8 Å². The highest BCUT2D eigenvalue weighted by molar-refractivity contribution is 6.35. The minimum absolute atomic E-state index is 0.0423. The van der Waals surface area contributed by atoms with Crippen molar-refractivity contribution in [1.29, 1.82) is 0 Å². The van der Waals surface area contributed by atoms with Crippen LogP contribution in [0.2, 0.25) is 10.0 Å². The van der Waals surface area contributed by atoms with E-state index in [1.807, 2.05) is 0 Å². The minimum atomic E-state index is -0.572. The zero-order valence-corrected chi connectivity index (χ0v) is 24.2. The molecule has 2 aromatic heterocycles. The molecule has 1 fully saturated rings. The average molecular weight is 616 g/mol. The lowest BCUT2D eigenvalue weighted by Crippen LogP contribution is -2.36. The normalized spacial score (nSPS) is 14.1. The Kier molecular flexibility index (Phi) is 9.17. The molecule has 1 aliphatic rings. The molecule has 4 aromatic rings. The number of carbonyl (C=O) groups excluding carboxylic acids is 1. The van der Waals surface area contributed by atoms with Gasteiger partial charge >= 0.3 is 0 Å². The number of morpholine rings is 1. The van der Waals surface area contributed by atoms with E-state index in [2.05, 4.69) is 36.1 Å². The number of nitrogen functional groups attached to an aromatic ring is 1. The van der Waals surface area contributed by atoms with Crippen LogP contribution in [0, 0.1) is 0 Å². The van der Waals surface area contributed by atoms with Crippen LogP contribution in [0.1, 0.15) is 34.2 Å². The molecule has 3 N–H and O–H groups in total. The molecule has 0 spiro atoms. The Morgan fingerprint density at radius 2 is 1.95 bits per heavy atom. The van der Waals surface area contributed by atoms with Crippen LogP contribution in [0.25, 0.3) is 5.82 Å². The zero-order valence-electron chi connectivity index (χ0n) is 22.7. The summed E-state index contributed by atoms with van der Waals surface area (Å²) in [5, 5.41) is 21.0. The Labute approximate surface area is 250 Å². The van der Waals surface area contributed by atoms with Gasteiger partial charge in [0.2, 0.25) is 11.6 Å². The summed E-state index contributed by atoms with van der Waals surface area (Å²) in [4.78, 5) is 15.5. The molecule has 0 aliphatic carbocycles. The third-order valence-electron chi connectivity index (χ3n) is 6.43. The van der Waals surface area contributed by atoms with E-state index in [4.69, 9.17) is 47.8 Å². The number of nitrogens with two attached hydrogens (primary N) is 1. The number of aromatic nitrogens is 5. The maximum atomic E-state index is 13.4. The Bertz CT molecular complexity index is 1600. The van der Waals surface area contributed by atoms with E-state index in [9.17, 15) is 4.79 Å². The molecule has 220 valence electrons. The number of anilines is 1. The number of rotatable bonds is 10. The SMILES string of the molecule is COc1cc(/C(C)=N\NC(=O)c2c(CN3CCOCC3)nnn2-c2nonc2N)ccc1OCc1ccc(Cl)cc1Cl. The molecule has 14 nitrogen and oxygen atoms in total. The smallest absolute Gasteiger partial charge is 0.292 e. The number of benzene rings is 2. The molecule has 0 atom stereocenters. The van der Waals surface area contributed by atoms with Crippen molar-refractivity contribution in [2.75, 3.05) is 39.1 Å². The van der Waals surface area contributed by atoms with Crippen LogP contribution in [0.3, 0.4) is 0 Å². The molecule has 42 heavy (non-hydrogen) atoms. The first kappa shape index (κ1) is 29.3. The van der Waals surface area contributed by atoms with Gasteiger partial charge in [0.15, 0.2) is 17.2 Å². The van der Waals surface area contributed by atoms with Gasteiger partial charge in [0.25, 0.3) is 5.91 Å². The van der Waals surface area contributed by atoms with Gasteiger partial charge in [-0.05, 0) is 47.6 Å². The fourth-order valence-electron chi connectivity index (χ4n) is 4.16. The number of methoxy groups -OCH3 is 1. The van der Waals surface area contributed by atoms with Crippen LogP contribution >= 0.6 is 23.2 Å². The maximum Gasteiger partial charge on any atom is 0.292 e. The number of nitrogens with one attached hydrogen (secondary N) is 1. The largest absolute Gasteiger partial charge is 0.493 e. The van der Waals surface area contributed by atoms with Crippen LogP contribution < -0.4 is 20.6 Å². The van der Waals surface area contributed by atoms with Gasteiger partial charge in [0.05, 0.1) is 26.0 Å². The van der Waals surface area contributed by atoms with Gasteiger partial charge in [0.1, 0.15) is 12.3 Å². The van der Waals surface area contributed by atoms with Gasteiger partial charge < -0.3 is 19.9 Å². The van der Waals surface area contributed by atoms with Crippen molar-refractivity contribution >= 4 is 40.6 Å². The highest BCUT2D eigenvalue weighted by Gasteiger charge is 2.27. The Balaban J connectivity index is 1.33. The number of nitrogens with zero attached hydrogens (tertiary/aromatic N) is 7. The van der Waals surface area contributed by atoms with Crippen LogP contribution in [0.4, 0.5) is 5.82 Å². The van der Waals surface area contributed by atoms with E-state index in [-0.39, 0.29) is 23.9 Å². The average Bonchev–Trinajstić information content (AvgIpc) is 3.61. The van der Waals surface area contributed by atoms with E-state index in [0.717, 1.165) is 5.56 Å². The molecule has 0 saturated carbocycles. The summed E-state index contributed by atoms with van der Waals surface area (Å²) >= 11 is 12.2. The molecule has 1 amide bonds. The first-order valence-corrected chi connectivity index (χ1v) is 13.5. The van der Waals surface area contributed by atoms with Crippen molar-refractivity contribution in [2.45, 2.75) is 20.1 Å².